The van der Waals surface area contributed by atoms with Gasteiger partial charge >= 0.3 is 0 Å². The van der Waals surface area contributed by atoms with Crippen LogP contribution in [0.2, 0.25) is 0 Å². The lowest BCUT2D eigenvalue weighted by Crippen LogP contribution is -2.32. The Morgan fingerprint density at radius 3 is 2.95 bits per heavy atom. The highest BCUT2D eigenvalue weighted by Crippen LogP contribution is 2.11. The Morgan fingerprint density at radius 2 is 2.26 bits per heavy atom. The van der Waals surface area contributed by atoms with Crippen molar-refractivity contribution in [1.82, 2.24) is 15.1 Å². The minimum absolute atomic E-state index is 0.144. The maximum atomic E-state index is 11.9. The number of carbonyl (C=O) groups is 1. The molecule has 1 amide bonds. The highest BCUT2D eigenvalue weighted by atomic mass is 16.2. The molecule has 0 radical (unpaired) electrons. The monoisotopic (exact) mass is 258 g/mol. The van der Waals surface area contributed by atoms with E-state index in [4.69, 9.17) is 5.73 Å². The van der Waals surface area contributed by atoms with E-state index in [9.17, 15) is 4.79 Å². The second kappa shape index (κ2) is 5.56. The summed E-state index contributed by atoms with van der Waals surface area (Å²) >= 11 is 0. The summed E-state index contributed by atoms with van der Waals surface area (Å²) in [4.78, 5) is 11.9. The molecule has 0 fully saturated rings. The quantitative estimate of drug-likeness (QED) is 0.824. The number of aromatic nitrogens is 2. The molecule has 0 saturated heterocycles. The van der Waals surface area contributed by atoms with Crippen LogP contribution in [0.4, 0.5) is 5.69 Å². The van der Waals surface area contributed by atoms with Crippen LogP contribution in [0.5, 0.6) is 0 Å². The molecule has 2 rings (SSSR count). The van der Waals surface area contributed by atoms with Gasteiger partial charge in [0.05, 0.1) is 5.69 Å². The van der Waals surface area contributed by atoms with Crippen molar-refractivity contribution in [3.8, 4) is 5.69 Å². The van der Waals surface area contributed by atoms with E-state index in [1.165, 1.54) is 0 Å². The van der Waals surface area contributed by atoms with E-state index in [-0.39, 0.29) is 11.9 Å². The van der Waals surface area contributed by atoms with Crippen LogP contribution >= 0.6 is 0 Å². The molecule has 0 aliphatic heterocycles. The van der Waals surface area contributed by atoms with E-state index in [2.05, 4.69) is 10.4 Å². The molecule has 0 spiro atoms. The van der Waals surface area contributed by atoms with Crippen molar-refractivity contribution in [2.24, 2.45) is 0 Å². The van der Waals surface area contributed by atoms with E-state index in [1.807, 2.05) is 38.1 Å². The lowest BCUT2D eigenvalue weighted by molar-refractivity contribution is 0.0934. The molecule has 1 atom stereocenters. The van der Waals surface area contributed by atoms with Crippen LogP contribution < -0.4 is 11.1 Å². The smallest absolute Gasteiger partial charge is 0.271 e. The van der Waals surface area contributed by atoms with Gasteiger partial charge in [0.25, 0.3) is 5.91 Å². The van der Waals surface area contributed by atoms with E-state index >= 15 is 0 Å². The molecular formula is C14H18N4O. The number of carbonyl (C=O) groups excluding carboxylic acids is 1. The Balaban J connectivity index is 2.17. The summed E-state index contributed by atoms with van der Waals surface area (Å²) in [5.74, 6) is -0.156. The topological polar surface area (TPSA) is 72.9 Å². The number of rotatable bonds is 4. The fraction of sp³-hybridized carbons (Fsp3) is 0.286. The Bertz CT molecular complexity index is 576. The average molecular weight is 258 g/mol. The zero-order valence-electron chi connectivity index (χ0n) is 11.1. The first-order valence-electron chi connectivity index (χ1n) is 6.32. The van der Waals surface area contributed by atoms with Gasteiger partial charge in [0, 0.05) is 17.9 Å². The minimum atomic E-state index is -0.156. The number of hydrogen-bond acceptors (Lipinski definition) is 3. The van der Waals surface area contributed by atoms with Gasteiger partial charge in [-0.05, 0) is 37.6 Å². The van der Waals surface area contributed by atoms with Gasteiger partial charge in [0.2, 0.25) is 0 Å². The number of nitrogens with two attached hydrogens (primary N) is 1. The molecule has 2 aromatic rings. The SMILES string of the molecule is CCC(C)NC(=O)c1ccn(-c2cccc(N)c2)n1. The molecular weight excluding hydrogens is 240 g/mol. The molecule has 1 unspecified atom stereocenters. The van der Waals surface area contributed by atoms with Crippen molar-refractivity contribution in [3.63, 3.8) is 0 Å². The Morgan fingerprint density at radius 1 is 1.47 bits per heavy atom. The predicted octanol–water partition coefficient (Wildman–Crippen LogP) is 1.98. The molecule has 1 aromatic carbocycles. The van der Waals surface area contributed by atoms with E-state index in [0.29, 0.717) is 11.4 Å². The van der Waals surface area contributed by atoms with Gasteiger partial charge in [-0.25, -0.2) is 4.68 Å². The molecule has 0 saturated carbocycles. The summed E-state index contributed by atoms with van der Waals surface area (Å²) < 4.78 is 1.64. The number of amides is 1. The summed E-state index contributed by atoms with van der Waals surface area (Å²) in [6, 6.07) is 9.20. The molecule has 100 valence electrons. The molecule has 5 nitrogen and oxygen atoms in total. The van der Waals surface area contributed by atoms with Crippen molar-refractivity contribution >= 4 is 11.6 Å². The Kier molecular flexibility index (Phi) is 3.85. The summed E-state index contributed by atoms with van der Waals surface area (Å²) in [6.45, 7) is 3.99. The van der Waals surface area contributed by atoms with E-state index in [0.717, 1.165) is 12.1 Å². The van der Waals surface area contributed by atoms with Gasteiger partial charge < -0.3 is 11.1 Å². The van der Waals surface area contributed by atoms with Crippen LogP contribution in [-0.2, 0) is 0 Å². The van der Waals surface area contributed by atoms with Crippen molar-refractivity contribution < 1.29 is 4.79 Å². The van der Waals surface area contributed by atoms with Crippen molar-refractivity contribution in [3.05, 3.63) is 42.2 Å². The van der Waals surface area contributed by atoms with Crippen LogP contribution in [0, 0.1) is 0 Å². The summed E-state index contributed by atoms with van der Waals surface area (Å²) in [7, 11) is 0. The van der Waals surface area contributed by atoms with Crippen LogP contribution in [0.25, 0.3) is 5.69 Å². The maximum Gasteiger partial charge on any atom is 0.271 e. The fourth-order valence-electron chi connectivity index (χ4n) is 1.66. The average Bonchev–Trinajstić information content (AvgIpc) is 2.88. The first-order valence-corrected chi connectivity index (χ1v) is 6.32. The van der Waals surface area contributed by atoms with E-state index in [1.54, 1.807) is 16.9 Å². The number of nitrogens with zero attached hydrogens (tertiary/aromatic N) is 2. The summed E-state index contributed by atoms with van der Waals surface area (Å²) in [5, 5.41) is 7.14. The van der Waals surface area contributed by atoms with Crippen LogP contribution in [0.1, 0.15) is 30.8 Å². The van der Waals surface area contributed by atoms with Crippen LogP contribution in [0.15, 0.2) is 36.5 Å². The second-order valence-electron chi connectivity index (χ2n) is 4.52. The molecule has 0 aliphatic carbocycles. The van der Waals surface area contributed by atoms with Gasteiger partial charge in [-0.1, -0.05) is 13.0 Å². The normalized spacial score (nSPS) is 12.1. The summed E-state index contributed by atoms with van der Waals surface area (Å²) in [5.41, 5.74) is 7.63. The number of nitrogens with one attached hydrogen (secondary N) is 1. The molecule has 0 bridgehead atoms. The third-order valence-electron chi connectivity index (χ3n) is 2.95. The lowest BCUT2D eigenvalue weighted by atomic mass is 10.2. The van der Waals surface area contributed by atoms with Gasteiger partial charge in [0.1, 0.15) is 0 Å². The molecule has 19 heavy (non-hydrogen) atoms. The fourth-order valence-corrected chi connectivity index (χ4v) is 1.66. The molecule has 3 N–H and O–H groups in total. The number of nitrogen functional groups attached to an aromatic ring is 1. The van der Waals surface area contributed by atoms with Crippen LogP contribution in [-0.4, -0.2) is 21.7 Å². The first-order chi connectivity index (χ1) is 9.10. The van der Waals surface area contributed by atoms with Crippen molar-refractivity contribution in [2.75, 3.05) is 5.73 Å². The summed E-state index contributed by atoms with van der Waals surface area (Å²) in [6.07, 6.45) is 2.64. The number of anilines is 1. The first kappa shape index (κ1) is 13.1. The molecule has 1 aromatic heterocycles. The third kappa shape index (κ3) is 3.13. The maximum absolute atomic E-state index is 11.9. The largest absolute Gasteiger partial charge is 0.399 e. The van der Waals surface area contributed by atoms with Crippen molar-refractivity contribution in [2.45, 2.75) is 26.3 Å². The highest BCUT2D eigenvalue weighted by Gasteiger charge is 2.12. The van der Waals surface area contributed by atoms with Crippen LogP contribution in [0.3, 0.4) is 0 Å². The van der Waals surface area contributed by atoms with Gasteiger partial charge in [0.15, 0.2) is 5.69 Å². The number of benzene rings is 1. The van der Waals surface area contributed by atoms with Gasteiger partial charge in [-0.15, -0.1) is 0 Å². The van der Waals surface area contributed by atoms with Gasteiger partial charge in [-0.2, -0.15) is 5.10 Å². The van der Waals surface area contributed by atoms with Gasteiger partial charge in [-0.3, -0.25) is 4.79 Å². The minimum Gasteiger partial charge on any atom is -0.399 e. The zero-order valence-corrected chi connectivity index (χ0v) is 11.1. The standard InChI is InChI=1S/C14H18N4O/c1-3-10(2)16-14(19)13-7-8-18(17-13)12-6-4-5-11(15)9-12/h4-10H,3,15H2,1-2H3,(H,16,19). The Hall–Kier alpha value is -2.30. The van der Waals surface area contributed by atoms with Crippen molar-refractivity contribution in [1.29, 1.82) is 0 Å². The molecule has 0 aliphatic rings. The lowest BCUT2D eigenvalue weighted by Gasteiger charge is -2.09. The molecule has 5 heteroatoms. The predicted molar refractivity (Wildman–Crippen MR) is 75.2 cm³/mol. The van der Waals surface area contributed by atoms with E-state index < -0.39 is 0 Å². The number of hydrogen-bond donors (Lipinski definition) is 2. The second-order valence-corrected chi connectivity index (χ2v) is 4.52. The third-order valence-corrected chi connectivity index (χ3v) is 2.95. The zero-order chi connectivity index (χ0) is 13.8. The highest BCUT2D eigenvalue weighted by molar-refractivity contribution is 5.92. The molecule has 1 heterocycles. The Labute approximate surface area is 112 Å².